The van der Waals surface area contributed by atoms with Crippen LogP contribution < -0.4 is 5.32 Å². The van der Waals surface area contributed by atoms with Crippen molar-refractivity contribution >= 4 is 27.6 Å². The van der Waals surface area contributed by atoms with Gasteiger partial charge in [0.1, 0.15) is 0 Å². The number of benzene rings is 1. The van der Waals surface area contributed by atoms with Crippen molar-refractivity contribution in [3.05, 3.63) is 40.6 Å². The number of halogens is 1. The van der Waals surface area contributed by atoms with Crippen LogP contribution in [-0.4, -0.2) is 9.97 Å². The molecule has 0 fully saturated rings. The molecule has 0 bridgehead atoms. The van der Waals surface area contributed by atoms with Crippen molar-refractivity contribution in [2.45, 2.75) is 6.92 Å². The summed E-state index contributed by atoms with van der Waals surface area (Å²) >= 11 is 3.43. The van der Waals surface area contributed by atoms with Gasteiger partial charge in [-0.2, -0.15) is 0 Å². The van der Waals surface area contributed by atoms with E-state index in [4.69, 9.17) is 0 Å². The molecule has 1 heterocycles. The van der Waals surface area contributed by atoms with Crippen LogP contribution in [0.15, 0.2) is 35.1 Å². The maximum Gasteiger partial charge on any atom is 0.204 e. The number of rotatable bonds is 2. The fourth-order valence-corrected chi connectivity index (χ4v) is 1.55. The van der Waals surface area contributed by atoms with Crippen LogP contribution in [0, 0.1) is 6.92 Å². The highest BCUT2D eigenvalue weighted by Gasteiger charge is 2.00. The van der Waals surface area contributed by atoms with E-state index < -0.39 is 0 Å². The Balaban J connectivity index is 2.28. The summed E-state index contributed by atoms with van der Waals surface area (Å²) in [6.45, 7) is 2.05. The Kier molecular flexibility index (Phi) is 2.54. The van der Waals surface area contributed by atoms with Gasteiger partial charge in [-0.25, -0.2) is 4.98 Å². The number of imidazole rings is 1. The number of hydrogen-bond acceptors (Lipinski definition) is 2. The molecule has 14 heavy (non-hydrogen) atoms. The Morgan fingerprint density at radius 2 is 2.29 bits per heavy atom. The third-order valence-electron chi connectivity index (χ3n) is 1.95. The largest absolute Gasteiger partial charge is 0.331 e. The van der Waals surface area contributed by atoms with Gasteiger partial charge in [0.2, 0.25) is 5.95 Å². The van der Waals surface area contributed by atoms with Gasteiger partial charge >= 0.3 is 0 Å². The molecular formula is C10H10BrN3. The minimum absolute atomic E-state index is 0.756. The lowest BCUT2D eigenvalue weighted by molar-refractivity contribution is 1.27. The van der Waals surface area contributed by atoms with E-state index in [1.807, 2.05) is 12.1 Å². The topological polar surface area (TPSA) is 40.7 Å². The first-order valence-electron chi connectivity index (χ1n) is 4.28. The summed E-state index contributed by atoms with van der Waals surface area (Å²) in [6.07, 6.45) is 3.51. The molecule has 0 radical (unpaired) electrons. The summed E-state index contributed by atoms with van der Waals surface area (Å²) in [5, 5.41) is 3.20. The Morgan fingerprint density at radius 3 is 3.00 bits per heavy atom. The van der Waals surface area contributed by atoms with Crippen LogP contribution in [0.1, 0.15) is 5.56 Å². The van der Waals surface area contributed by atoms with Crippen LogP contribution in [0.4, 0.5) is 11.6 Å². The standard InChI is InChI=1S/C10H10BrN3/c1-7-2-3-8(11)6-9(7)14-10-12-4-5-13-10/h2-6H,1H3,(H2,12,13,14). The number of nitrogens with one attached hydrogen (secondary N) is 2. The summed E-state index contributed by atoms with van der Waals surface area (Å²) in [6, 6.07) is 6.09. The van der Waals surface area contributed by atoms with Crippen molar-refractivity contribution in [2.75, 3.05) is 5.32 Å². The molecule has 0 aliphatic rings. The molecule has 0 aliphatic heterocycles. The second-order valence-electron chi connectivity index (χ2n) is 3.02. The van der Waals surface area contributed by atoms with Crippen molar-refractivity contribution in [2.24, 2.45) is 0 Å². The average molecular weight is 252 g/mol. The van der Waals surface area contributed by atoms with Gasteiger partial charge in [0.05, 0.1) is 0 Å². The Morgan fingerprint density at radius 1 is 1.43 bits per heavy atom. The molecule has 4 heteroatoms. The lowest BCUT2D eigenvalue weighted by Crippen LogP contribution is -1.94. The zero-order chi connectivity index (χ0) is 9.97. The summed E-state index contributed by atoms with van der Waals surface area (Å²) in [4.78, 5) is 7.10. The number of aryl methyl sites for hydroxylation is 1. The smallest absolute Gasteiger partial charge is 0.204 e. The van der Waals surface area contributed by atoms with E-state index in [0.29, 0.717) is 0 Å². The van der Waals surface area contributed by atoms with Crippen molar-refractivity contribution in [1.82, 2.24) is 9.97 Å². The number of aromatic nitrogens is 2. The minimum Gasteiger partial charge on any atom is -0.331 e. The van der Waals surface area contributed by atoms with Gasteiger partial charge in [0.25, 0.3) is 0 Å². The van der Waals surface area contributed by atoms with Crippen LogP contribution in [-0.2, 0) is 0 Å². The molecule has 0 saturated carbocycles. The number of hydrogen-bond donors (Lipinski definition) is 2. The van der Waals surface area contributed by atoms with Crippen molar-refractivity contribution in [1.29, 1.82) is 0 Å². The van der Waals surface area contributed by atoms with E-state index in [1.165, 1.54) is 5.56 Å². The molecule has 72 valence electrons. The second-order valence-corrected chi connectivity index (χ2v) is 3.94. The number of H-pyrrole nitrogens is 1. The Hall–Kier alpha value is -1.29. The van der Waals surface area contributed by atoms with Crippen LogP contribution >= 0.6 is 15.9 Å². The molecule has 0 aliphatic carbocycles. The number of anilines is 2. The van der Waals surface area contributed by atoms with E-state index >= 15 is 0 Å². The third-order valence-corrected chi connectivity index (χ3v) is 2.44. The Bertz CT molecular complexity index is 423. The maximum absolute atomic E-state index is 4.10. The first kappa shape index (κ1) is 9.27. The zero-order valence-corrected chi connectivity index (χ0v) is 9.30. The number of nitrogens with zero attached hydrogens (tertiary/aromatic N) is 1. The second kappa shape index (κ2) is 3.84. The van der Waals surface area contributed by atoms with Gasteiger partial charge in [0, 0.05) is 22.6 Å². The Labute approximate surface area is 90.7 Å². The lowest BCUT2D eigenvalue weighted by Gasteiger charge is -2.06. The van der Waals surface area contributed by atoms with Crippen molar-refractivity contribution < 1.29 is 0 Å². The van der Waals surface area contributed by atoms with Gasteiger partial charge in [0.15, 0.2) is 0 Å². The molecule has 2 N–H and O–H groups in total. The zero-order valence-electron chi connectivity index (χ0n) is 7.71. The van der Waals surface area contributed by atoms with Crippen LogP contribution in [0.2, 0.25) is 0 Å². The third kappa shape index (κ3) is 1.96. The monoisotopic (exact) mass is 251 g/mol. The summed E-state index contributed by atoms with van der Waals surface area (Å²) < 4.78 is 1.05. The van der Waals surface area contributed by atoms with Gasteiger partial charge in [-0.3, -0.25) is 0 Å². The van der Waals surface area contributed by atoms with E-state index in [-0.39, 0.29) is 0 Å². The molecule has 0 amide bonds. The molecule has 2 rings (SSSR count). The molecule has 0 unspecified atom stereocenters. The highest BCUT2D eigenvalue weighted by molar-refractivity contribution is 9.10. The van der Waals surface area contributed by atoms with Crippen molar-refractivity contribution in [3.63, 3.8) is 0 Å². The van der Waals surface area contributed by atoms with Crippen LogP contribution in [0.5, 0.6) is 0 Å². The maximum atomic E-state index is 4.10. The summed E-state index contributed by atoms with van der Waals surface area (Å²) in [5.74, 6) is 0.756. The molecule has 3 nitrogen and oxygen atoms in total. The predicted molar refractivity (Wildman–Crippen MR) is 60.7 cm³/mol. The number of aromatic amines is 1. The average Bonchev–Trinajstić information content (AvgIpc) is 2.64. The van der Waals surface area contributed by atoms with Gasteiger partial charge in [-0.1, -0.05) is 22.0 Å². The fraction of sp³-hybridized carbons (Fsp3) is 0.100. The molecule has 1 aromatic heterocycles. The van der Waals surface area contributed by atoms with E-state index in [1.54, 1.807) is 12.4 Å². The lowest BCUT2D eigenvalue weighted by atomic mass is 10.2. The van der Waals surface area contributed by atoms with E-state index in [9.17, 15) is 0 Å². The highest BCUT2D eigenvalue weighted by Crippen LogP contribution is 2.22. The van der Waals surface area contributed by atoms with Gasteiger partial charge < -0.3 is 10.3 Å². The molecule has 0 atom stereocenters. The fourth-order valence-electron chi connectivity index (χ4n) is 1.19. The SMILES string of the molecule is Cc1ccc(Br)cc1Nc1ncc[nH]1. The predicted octanol–water partition coefficient (Wildman–Crippen LogP) is 3.22. The van der Waals surface area contributed by atoms with Gasteiger partial charge in [-0.05, 0) is 24.6 Å². The highest BCUT2D eigenvalue weighted by atomic mass is 79.9. The summed E-state index contributed by atoms with van der Waals surface area (Å²) in [5.41, 5.74) is 2.24. The quantitative estimate of drug-likeness (QED) is 0.861. The van der Waals surface area contributed by atoms with E-state index in [2.05, 4.69) is 44.2 Å². The molecule has 0 saturated heterocycles. The first-order valence-corrected chi connectivity index (χ1v) is 5.07. The minimum atomic E-state index is 0.756. The molecule has 1 aromatic carbocycles. The molecule has 2 aromatic rings. The van der Waals surface area contributed by atoms with Crippen molar-refractivity contribution in [3.8, 4) is 0 Å². The first-order chi connectivity index (χ1) is 6.75. The summed E-state index contributed by atoms with van der Waals surface area (Å²) in [7, 11) is 0. The molecule has 0 spiro atoms. The molecular weight excluding hydrogens is 242 g/mol. The van der Waals surface area contributed by atoms with E-state index in [0.717, 1.165) is 16.1 Å². The van der Waals surface area contributed by atoms with Gasteiger partial charge in [-0.15, -0.1) is 0 Å². The van der Waals surface area contributed by atoms with Crippen LogP contribution in [0.3, 0.4) is 0 Å². The normalized spacial score (nSPS) is 10.1. The van der Waals surface area contributed by atoms with Crippen LogP contribution in [0.25, 0.3) is 0 Å².